The summed E-state index contributed by atoms with van der Waals surface area (Å²) in [7, 11) is 1.27. The zero-order valence-electron chi connectivity index (χ0n) is 11.3. The van der Waals surface area contributed by atoms with Crippen molar-refractivity contribution in [3.63, 3.8) is 0 Å². The molecule has 0 radical (unpaired) electrons. The maximum absolute atomic E-state index is 12.5. The van der Waals surface area contributed by atoms with Gasteiger partial charge < -0.3 is 9.84 Å². The summed E-state index contributed by atoms with van der Waals surface area (Å²) in [5, 5.41) is 19.3. The van der Waals surface area contributed by atoms with Crippen molar-refractivity contribution in [3.05, 3.63) is 69.0 Å². The van der Waals surface area contributed by atoms with E-state index in [4.69, 9.17) is 16.7 Å². The first kappa shape index (κ1) is 20.3. The summed E-state index contributed by atoms with van der Waals surface area (Å²) in [6, 6.07) is 9.42. The lowest BCUT2D eigenvalue weighted by molar-refractivity contribution is -0.387. The van der Waals surface area contributed by atoms with Crippen LogP contribution in [0.3, 0.4) is 0 Å². The summed E-state index contributed by atoms with van der Waals surface area (Å²) in [5.41, 5.74) is -0.410. The number of ether oxygens (including phenoxy) is 1. The average Bonchev–Trinajstić information content (AvgIpc) is 2.50. The van der Waals surface area contributed by atoms with Gasteiger partial charge in [0, 0.05) is 11.1 Å². The number of rotatable bonds is 2. The molecule has 2 aromatic rings. The third-order valence-electron chi connectivity index (χ3n) is 2.41. The number of benzene rings is 2. The molecule has 0 saturated carbocycles. The quantitative estimate of drug-likeness (QED) is 0.501. The van der Waals surface area contributed by atoms with E-state index < -0.39 is 22.4 Å². The van der Waals surface area contributed by atoms with Crippen molar-refractivity contribution < 1.29 is 24.0 Å². The molecule has 2 aromatic carbocycles. The van der Waals surface area contributed by atoms with Gasteiger partial charge in [-0.3, -0.25) is 10.1 Å². The van der Waals surface area contributed by atoms with Crippen molar-refractivity contribution in [1.29, 1.82) is 0 Å². The van der Waals surface area contributed by atoms with Gasteiger partial charge in [-0.2, -0.15) is 4.39 Å². The Labute approximate surface area is 137 Å². The number of nitrogens with zero attached hydrogens (tertiary/aromatic N) is 1. The molecule has 0 atom stereocenters. The fraction of sp³-hybridized carbons (Fsp3) is 0.133. The second-order valence-corrected chi connectivity index (χ2v) is 4.30. The fourth-order valence-electron chi connectivity index (χ4n) is 1.38. The summed E-state index contributed by atoms with van der Waals surface area (Å²) in [6.07, 6.45) is 0. The number of nitro benzene ring substituents is 1. The molecule has 0 aliphatic rings. The maximum Gasteiger partial charge on any atom is 0.341 e. The highest BCUT2D eigenvalue weighted by atomic mass is 35.5. The largest absolute Gasteiger partial charge is 0.507 e. The van der Waals surface area contributed by atoms with Crippen LogP contribution in [0, 0.1) is 15.9 Å². The second kappa shape index (κ2) is 9.37. The first-order valence-corrected chi connectivity index (χ1v) is 6.20. The molecule has 124 valence electrons. The van der Waals surface area contributed by atoms with Gasteiger partial charge in [0.1, 0.15) is 11.3 Å². The fourth-order valence-corrected chi connectivity index (χ4v) is 1.55. The van der Waals surface area contributed by atoms with E-state index in [1.165, 1.54) is 25.3 Å². The SMILES string of the molecule is C.COC(=O)c1ccccc1O.O=[N+]([O-])c1cc(Cl)ccc1F. The molecular weight excluding hydrogens is 329 g/mol. The molecule has 0 spiro atoms. The predicted molar refractivity (Wildman–Crippen MR) is 84.2 cm³/mol. The van der Waals surface area contributed by atoms with E-state index in [2.05, 4.69) is 4.74 Å². The van der Waals surface area contributed by atoms with Crippen LogP contribution in [0.1, 0.15) is 17.8 Å². The Bertz CT molecular complexity index is 693. The molecule has 1 N–H and O–H groups in total. The van der Waals surface area contributed by atoms with Gasteiger partial charge in [0.2, 0.25) is 5.82 Å². The van der Waals surface area contributed by atoms with Gasteiger partial charge in [-0.15, -0.1) is 0 Å². The van der Waals surface area contributed by atoms with Crippen LogP contribution in [-0.4, -0.2) is 23.1 Å². The van der Waals surface area contributed by atoms with Crippen molar-refractivity contribution >= 4 is 23.3 Å². The van der Waals surface area contributed by atoms with Crippen molar-refractivity contribution in [2.24, 2.45) is 0 Å². The Morgan fingerprint density at radius 3 is 2.39 bits per heavy atom. The molecule has 0 aliphatic carbocycles. The van der Waals surface area contributed by atoms with E-state index in [0.717, 1.165) is 12.1 Å². The molecule has 0 unspecified atom stereocenters. The monoisotopic (exact) mass is 343 g/mol. The highest BCUT2D eigenvalue weighted by Gasteiger charge is 2.13. The first-order chi connectivity index (χ1) is 10.4. The van der Waals surface area contributed by atoms with Gasteiger partial charge in [0.15, 0.2) is 0 Å². The number of aromatic hydroxyl groups is 1. The normalized spacial score (nSPS) is 9.00. The van der Waals surface area contributed by atoms with Crippen LogP contribution < -0.4 is 0 Å². The number of methoxy groups -OCH3 is 1. The number of carbonyl (C=O) groups excluding carboxylic acids is 1. The molecule has 0 heterocycles. The van der Waals surface area contributed by atoms with Crippen molar-refractivity contribution in [2.45, 2.75) is 7.43 Å². The Balaban J connectivity index is 0.000000403. The van der Waals surface area contributed by atoms with Crippen molar-refractivity contribution in [1.82, 2.24) is 0 Å². The second-order valence-electron chi connectivity index (χ2n) is 3.86. The summed E-state index contributed by atoms with van der Waals surface area (Å²) >= 11 is 5.39. The van der Waals surface area contributed by atoms with Gasteiger partial charge in [0.05, 0.1) is 12.0 Å². The van der Waals surface area contributed by atoms with Gasteiger partial charge in [0.25, 0.3) is 0 Å². The maximum atomic E-state index is 12.5. The lowest BCUT2D eigenvalue weighted by atomic mass is 10.2. The molecule has 0 bridgehead atoms. The molecule has 0 aromatic heterocycles. The third-order valence-corrected chi connectivity index (χ3v) is 2.65. The predicted octanol–water partition coefficient (Wildman–Crippen LogP) is 4.20. The standard InChI is InChI=1S/C8H8O3.C6H3ClFNO2.CH4/c1-11-8(10)6-4-2-3-5-7(6)9;7-4-1-2-5(8)6(3-4)9(10)11;/h2-5,9H,1H3;1-3H;1H4. The Hall–Kier alpha value is -2.67. The molecule has 0 amide bonds. The molecule has 6 nitrogen and oxygen atoms in total. The molecule has 23 heavy (non-hydrogen) atoms. The highest BCUT2D eigenvalue weighted by Crippen LogP contribution is 2.21. The number of nitro groups is 1. The van der Waals surface area contributed by atoms with Gasteiger partial charge in [-0.1, -0.05) is 31.2 Å². The number of esters is 1. The average molecular weight is 344 g/mol. The molecule has 0 fully saturated rings. The van der Waals surface area contributed by atoms with E-state index in [-0.39, 0.29) is 23.8 Å². The van der Waals surface area contributed by atoms with Crippen LogP contribution in [0.4, 0.5) is 10.1 Å². The Morgan fingerprint density at radius 2 is 1.91 bits per heavy atom. The summed E-state index contributed by atoms with van der Waals surface area (Å²) < 4.78 is 16.9. The van der Waals surface area contributed by atoms with E-state index in [9.17, 15) is 19.3 Å². The topological polar surface area (TPSA) is 89.7 Å². The number of phenolic OH excluding ortho intramolecular Hbond substituents is 1. The summed E-state index contributed by atoms with van der Waals surface area (Å²) in [5.74, 6) is -1.46. The lowest BCUT2D eigenvalue weighted by Gasteiger charge is -1.99. The molecule has 0 saturated heterocycles. The van der Waals surface area contributed by atoms with E-state index in [1.807, 2.05) is 0 Å². The van der Waals surface area contributed by atoms with E-state index in [1.54, 1.807) is 12.1 Å². The van der Waals surface area contributed by atoms with Crippen LogP contribution in [0.2, 0.25) is 5.02 Å². The number of carbonyl (C=O) groups is 1. The number of phenols is 1. The van der Waals surface area contributed by atoms with Crippen LogP contribution in [-0.2, 0) is 4.74 Å². The number of hydrogen-bond donors (Lipinski definition) is 1. The van der Waals surface area contributed by atoms with Gasteiger partial charge in [-0.05, 0) is 24.3 Å². The van der Waals surface area contributed by atoms with Crippen LogP contribution in [0.15, 0.2) is 42.5 Å². The molecule has 0 aliphatic heterocycles. The smallest absolute Gasteiger partial charge is 0.341 e. The van der Waals surface area contributed by atoms with Gasteiger partial charge in [-0.25, -0.2) is 4.79 Å². The minimum absolute atomic E-state index is 0. The number of para-hydroxylation sites is 1. The third kappa shape index (κ3) is 5.91. The Morgan fingerprint density at radius 1 is 1.30 bits per heavy atom. The van der Waals surface area contributed by atoms with E-state index in [0.29, 0.717) is 0 Å². The van der Waals surface area contributed by atoms with Crippen LogP contribution in [0.5, 0.6) is 5.75 Å². The van der Waals surface area contributed by atoms with Gasteiger partial charge >= 0.3 is 11.7 Å². The number of hydrogen-bond acceptors (Lipinski definition) is 5. The summed E-state index contributed by atoms with van der Waals surface area (Å²) in [6.45, 7) is 0. The van der Waals surface area contributed by atoms with Crippen molar-refractivity contribution in [3.8, 4) is 5.75 Å². The highest BCUT2D eigenvalue weighted by molar-refractivity contribution is 6.30. The molecule has 8 heteroatoms. The van der Waals surface area contributed by atoms with Crippen molar-refractivity contribution in [2.75, 3.05) is 7.11 Å². The molecular formula is C15H15ClFNO5. The zero-order chi connectivity index (χ0) is 16.7. The Kier molecular flexibility index (Phi) is 8.28. The lowest BCUT2D eigenvalue weighted by Crippen LogP contribution is -2.00. The van der Waals surface area contributed by atoms with Crippen LogP contribution >= 0.6 is 11.6 Å². The molecule has 2 rings (SSSR count). The van der Waals surface area contributed by atoms with E-state index >= 15 is 0 Å². The van der Waals surface area contributed by atoms with Crippen LogP contribution in [0.25, 0.3) is 0 Å². The summed E-state index contributed by atoms with van der Waals surface area (Å²) in [4.78, 5) is 20.1. The zero-order valence-corrected chi connectivity index (χ0v) is 12.1. The number of halogens is 2. The first-order valence-electron chi connectivity index (χ1n) is 5.82. The minimum atomic E-state index is -0.876. The minimum Gasteiger partial charge on any atom is -0.507 e.